The quantitative estimate of drug-likeness (QED) is 0.803. The second kappa shape index (κ2) is 6.41. The summed E-state index contributed by atoms with van der Waals surface area (Å²) in [5.74, 6) is 0.0856. The minimum atomic E-state index is -0.0404. The zero-order chi connectivity index (χ0) is 14.5. The zero-order valence-corrected chi connectivity index (χ0v) is 11.8. The average Bonchev–Trinajstić information content (AvgIpc) is 2.85. The molecular formula is C15H21N3O2. The lowest BCUT2D eigenvalue weighted by Crippen LogP contribution is -2.37. The first-order valence-electron chi connectivity index (χ1n) is 6.94. The number of carbonyl (C=O) groups excluding carboxylic acids is 2. The molecule has 2 amide bonds. The fourth-order valence-electron chi connectivity index (χ4n) is 2.55. The molecular weight excluding hydrogens is 254 g/mol. The largest absolute Gasteiger partial charge is 0.399 e. The molecule has 2 rings (SSSR count). The molecule has 1 aromatic carbocycles. The van der Waals surface area contributed by atoms with Gasteiger partial charge in [0.15, 0.2) is 0 Å². The van der Waals surface area contributed by atoms with E-state index in [1.54, 1.807) is 0 Å². The maximum Gasteiger partial charge on any atom is 0.222 e. The Morgan fingerprint density at radius 2 is 2.15 bits per heavy atom. The molecule has 1 aliphatic rings. The Bertz CT molecular complexity index is 502. The second-order valence-corrected chi connectivity index (χ2v) is 5.22. The number of hydrogen-bond acceptors (Lipinski definition) is 3. The van der Waals surface area contributed by atoms with E-state index in [9.17, 15) is 9.59 Å². The predicted molar refractivity (Wildman–Crippen MR) is 78.0 cm³/mol. The molecule has 3 N–H and O–H groups in total. The number of hydrogen-bond donors (Lipinski definition) is 2. The maximum absolute atomic E-state index is 12.1. The number of nitrogen functional groups attached to an aromatic ring is 1. The number of carbonyl (C=O) groups is 2. The highest BCUT2D eigenvalue weighted by atomic mass is 16.2. The molecule has 0 aliphatic carbocycles. The number of nitrogens with two attached hydrogens (primary N) is 1. The highest BCUT2D eigenvalue weighted by molar-refractivity contribution is 5.77. The molecule has 1 heterocycles. The van der Waals surface area contributed by atoms with Gasteiger partial charge in [-0.2, -0.15) is 0 Å². The van der Waals surface area contributed by atoms with Gasteiger partial charge in [0.25, 0.3) is 0 Å². The van der Waals surface area contributed by atoms with E-state index in [1.807, 2.05) is 29.2 Å². The van der Waals surface area contributed by atoms with Gasteiger partial charge in [-0.1, -0.05) is 18.2 Å². The number of benzene rings is 1. The van der Waals surface area contributed by atoms with E-state index < -0.39 is 0 Å². The lowest BCUT2D eigenvalue weighted by molar-refractivity contribution is -0.130. The van der Waals surface area contributed by atoms with Gasteiger partial charge in [0.05, 0.1) is 0 Å². The van der Waals surface area contributed by atoms with Crippen molar-refractivity contribution in [2.75, 3.05) is 18.8 Å². The van der Waals surface area contributed by atoms with Crippen LogP contribution in [0.1, 0.15) is 25.3 Å². The smallest absolute Gasteiger partial charge is 0.222 e. The molecule has 0 bridgehead atoms. The summed E-state index contributed by atoms with van der Waals surface area (Å²) >= 11 is 0. The van der Waals surface area contributed by atoms with Crippen LogP contribution in [0.3, 0.4) is 0 Å². The predicted octanol–water partition coefficient (Wildman–Crippen LogP) is 0.938. The first-order chi connectivity index (χ1) is 9.56. The average molecular weight is 275 g/mol. The van der Waals surface area contributed by atoms with Crippen molar-refractivity contribution in [2.24, 2.45) is 0 Å². The summed E-state index contributed by atoms with van der Waals surface area (Å²) in [5, 5.41) is 2.86. The van der Waals surface area contributed by atoms with E-state index in [0.717, 1.165) is 17.7 Å². The third-order valence-electron chi connectivity index (χ3n) is 3.61. The van der Waals surface area contributed by atoms with Gasteiger partial charge in [0.2, 0.25) is 11.8 Å². The molecule has 1 unspecified atom stereocenters. The SMILES string of the molecule is CC(=O)NC1CCN(C(=O)CCc2ccccc2N)C1. The van der Waals surface area contributed by atoms with Gasteiger partial charge >= 0.3 is 0 Å². The van der Waals surface area contributed by atoms with Gasteiger partial charge in [-0.25, -0.2) is 0 Å². The van der Waals surface area contributed by atoms with Crippen LogP contribution in [0, 0.1) is 0 Å². The highest BCUT2D eigenvalue weighted by Crippen LogP contribution is 2.15. The number of likely N-dealkylation sites (tertiary alicyclic amines) is 1. The van der Waals surface area contributed by atoms with Crippen molar-refractivity contribution in [3.8, 4) is 0 Å². The first kappa shape index (κ1) is 14.4. The Balaban J connectivity index is 1.81. The fourth-order valence-corrected chi connectivity index (χ4v) is 2.55. The van der Waals surface area contributed by atoms with Crippen molar-refractivity contribution >= 4 is 17.5 Å². The zero-order valence-electron chi connectivity index (χ0n) is 11.8. The van der Waals surface area contributed by atoms with E-state index in [4.69, 9.17) is 5.73 Å². The van der Waals surface area contributed by atoms with E-state index in [2.05, 4.69) is 5.32 Å². The molecule has 1 saturated heterocycles. The number of aryl methyl sites for hydroxylation is 1. The van der Waals surface area contributed by atoms with Crippen LogP contribution in [0.2, 0.25) is 0 Å². The Labute approximate surface area is 119 Å². The van der Waals surface area contributed by atoms with E-state index >= 15 is 0 Å². The number of para-hydroxylation sites is 1. The number of anilines is 1. The molecule has 0 aromatic heterocycles. The summed E-state index contributed by atoms with van der Waals surface area (Å²) in [4.78, 5) is 24.9. The van der Waals surface area contributed by atoms with Gasteiger partial charge in [-0.05, 0) is 24.5 Å². The van der Waals surface area contributed by atoms with Crippen LogP contribution in [0.15, 0.2) is 24.3 Å². The van der Waals surface area contributed by atoms with E-state index in [0.29, 0.717) is 25.9 Å². The third-order valence-corrected chi connectivity index (χ3v) is 3.61. The molecule has 1 fully saturated rings. The van der Waals surface area contributed by atoms with Crippen molar-refractivity contribution in [1.82, 2.24) is 10.2 Å². The summed E-state index contributed by atoms with van der Waals surface area (Å²) in [6.45, 7) is 2.83. The molecule has 1 atom stereocenters. The molecule has 5 heteroatoms. The summed E-state index contributed by atoms with van der Waals surface area (Å²) in [5.41, 5.74) is 7.61. The number of amides is 2. The van der Waals surface area contributed by atoms with Crippen LogP contribution in [0.4, 0.5) is 5.69 Å². The number of nitrogens with one attached hydrogen (secondary N) is 1. The topological polar surface area (TPSA) is 75.4 Å². The highest BCUT2D eigenvalue weighted by Gasteiger charge is 2.26. The summed E-state index contributed by atoms with van der Waals surface area (Å²) in [6.07, 6.45) is 1.95. The summed E-state index contributed by atoms with van der Waals surface area (Å²) < 4.78 is 0. The summed E-state index contributed by atoms with van der Waals surface area (Å²) in [7, 11) is 0. The number of rotatable bonds is 4. The van der Waals surface area contributed by atoms with E-state index in [-0.39, 0.29) is 17.9 Å². The van der Waals surface area contributed by atoms with Crippen molar-refractivity contribution in [3.05, 3.63) is 29.8 Å². The Hall–Kier alpha value is -2.04. The van der Waals surface area contributed by atoms with Crippen LogP contribution in [0.5, 0.6) is 0 Å². The van der Waals surface area contributed by atoms with Crippen LogP contribution >= 0.6 is 0 Å². The molecule has 0 saturated carbocycles. The van der Waals surface area contributed by atoms with Crippen LogP contribution in [-0.2, 0) is 16.0 Å². The molecule has 20 heavy (non-hydrogen) atoms. The standard InChI is InChI=1S/C15H21N3O2/c1-11(19)17-13-8-9-18(10-13)15(20)7-6-12-4-2-3-5-14(12)16/h2-5,13H,6-10,16H2,1H3,(H,17,19). The van der Waals surface area contributed by atoms with Gasteiger partial charge in [0.1, 0.15) is 0 Å². The molecule has 5 nitrogen and oxygen atoms in total. The Morgan fingerprint density at radius 1 is 1.40 bits per heavy atom. The third kappa shape index (κ3) is 3.73. The lowest BCUT2D eigenvalue weighted by atomic mass is 10.1. The van der Waals surface area contributed by atoms with Crippen LogP contribution in [0.25, 0.3) is 0 Å². The second-order valence-electron chi connectivity index (χ2n) is 5.22. The van der Waals surface area contributed by atoms with Crippen LogP contribution in [-0.4, -0.2) is 35.8 Å². The van der Waals surface area contributed by atoms with Gasteiger partial charge in [-0.3, -0.25) is 9.59 Å². The Kier molecular flexibility index (Phi) is 4.61. The van der Waals surface area contributed by atoms with Gasteiger partial charge in [0, 0.05) is 38.2 Å². The normalized spacial score (nSPS) is 18.1. The van der Waals surface area contributed by atoms with Crippen molar-refractivity contribution in [1.29, 1.82) is 0 Å². The minimum Gasteiger partial charge on any atom is -0.399 e. The maximum atomic E-state index is 12.1. The molecule has 1 aromatic rings. The van der Waals surface area contributed by atoms with Gasteiger partial charge < -0.3 is 16.0 Å². The molecule has 108 valence electrons. The van der Waals surface area contributed by atoms with Crippen molar-refractivity contribution in [2.45, 2.75) is 32.2 Å². The molecule has 1 aliphatic heterocycles. The molecule has 0 radical (unpaired) electrons. The van der Waals surface area contributed by atoms with Gasteiger partial charge in [-0.15, -0.1) is 0 Å². The van der Waals surface area contributed by atoms with Crippen molar-refractivity contribution in [3.63, 3.8) is 0 Å². The summed E-state index contributed by atoms with van der Waals surface area (Å²) in [6, 6.07) is 7.71. The Morgan fingerprint density at radius 3 is 2.85 bits per heavy atom. The fraction of sp³-hybridized carbons (Fsp3) is 0.467. The monoisotopic (exact) mass is 275 g/mol. The van der Waals surface area contributed by atoms with E-state index in [1.165, 1.54) is 6.92 Å². The van der Waals surface area contributed by atoms with Crippen LogP contribution < -0.4 is 11.1 Å². The number of nitrogens with zero attached hydrogens (tertiary/aromatic N) is 1. The first-order valence-corrected chi connectivity index (χ1v) is 6.94. The lowest BCUT2D eigenvalue weighted by Gasteiger charge is -2.17. The van der Waals surface area contributed by atoms with Crippen molar-refractivity contribution < 1.29 is 9.59 Å². The minimum absolute atomic E-state index is 0.0404. The molecule has 0 spiro atoms.